The number of hydrogen-bond donors (Lipinski definition) is 2. The summed E-state index contributed by atoms with van der Waals surface area (Å²) in [5.74, 6) is -0.881. The van der Waals surface area contributed by atoms with Gasteiger partial charge in [-0.1, -0.05) is 0 Å². The van der Waals surface area contributed by atoms with Gasteiger partial charge in [-0.05, 0) is 31.5 Å². The van der Waals surface area contributed by atoms with Crippen LogP contribution in [0.25, 0.3) is 0 Å². The lowest BCUT2D eigenvalue weighted by molar-refractivity contribution is 0.100. The fraction of sp³-hybridized carbons (Fsp3) is 0.333. The Morgan fingerprint density at radius 1 is 1.33 bits per heavy atom. The summed E-state index contributed by atoms with van der Waals surface area (Å²) in [4.78, 5) is 15.2. The van der Waals surface area contributed by atoms with Crippen molar-refractivity contribution >= 4 is 34.1 Å². The zero-order chi connectivity index (χ0) is 15.5. The standard InChI is InChI=1S/C12H17N3O4S.ClH/c1-4-19-9-5-7(2)8(11(16)15-12(13)14)6-10(9)20(3,17)18;/h5-6H,4H2,1-3H3,(H4,13,14,15,16);1H. The summed E-state index contributed by atoms with van der Waals surface area (Å²) in [5, 5.41) is 0. The van der Waals surface area contributed by atoms with Crippen LogP contribution in [0, 0.1) is 6.92 Å². The van der Waals surface area contributed by atoms with Crippen LogP contribution < -0.4 is 16.2 Å². The number of ether oxygens (including phenoxy) is 1. The van der Waals surface area contributed by atoms with Crippen LogP contribution in [-0.4, -0.2) is 33.1 Å². The van der Waals surface area contributed by atoms with Crippen molar-refractivity contribution < 1.29 is 17.9 Å². The van der Waals surface area contributed by atoms with Gasteiger partial charge < -0.3 is 16.2 Å². The Labute approximate surface area is 129 Å². The smallest absolute Gasteiger partial charge is 0.280 e. The van der Waals surface area contributed by atoms with Gasteiger partial charge in [0, 0.05) is 11.8 Å². The number of hydrogen-bond acceptors (Lipinski definition) is 4. The van der Waals surface area contributed by atoms with E-state index in [1.165, 1.54) is 12.1 Å². The second kappa shape index (κ2) is 7.28. The number of benzene rings is 1. The number of amides is 1. The molecule has 0 aromatic heterocycles. The highest BCUT2D eigenvalue weighted by Crippen LogP contribution is 2.28. The van der Waals surface area contributed by atoms with Crippen molar-refractivity contribution in [3.05, 3.63) is 23.3 Å². The molecular weight excluding hydrogens is 318 g/mol. The van der Waals surface area contributed by atoms with Crippen molar-refractivity contribution in [2.75, 3.05) is 12.9 Å². The van der Waals surface area contributed by atoms with E-state index in [0.717, 1.165) is 6.26 Å². The van der Waals surface area contributed by atoms with Crippen molar-refractivity contribution in [1.29, 1.82) is 0 Å². The number of carbonyl (C=O) groups is 1. The number of nitrogens with zero attached hydrogens (tertiary/aromatic N) is 1. The maximum atomic E-state index is 11.8. The fourth-order valence-corrected chi connectivity index (χ4v) is 2.44. The molecule has 0 saturated carbocycles. The third-order valence-electron chi connectivity index (χ3n) is 2.45. The quantitative estimate of drug-likeness (QED) is 0.614. The number of nitrogens with two attached hydrogens (primary N) is 2. The van der Waals surface area contributed by atoms with E-state index in [4.69, 9.17) is 16.2 Å². The number of guanidine groups is 1. The largest absolute Gasteiger partial charge is 0.493 e. The normalized spacial score (nSPS) is 10.4. The van der Waals surface area contributed by atoms with Crippen molar-refractivity contribution in [3.8, 4) is 5.75 Å². The average Bonchev–Trinajstić information content (AvgIpc) is 2.26. The zero-order valence-corrected chi connectivity index (χ0v) is 13.5. The number of aryl methyl sites for hydroxylation is 1. The zero-order valence-electron chi connectivity index (χ0n) is 11.9. The molecular formula is C12H18ClN3O4S. The fourth-order valence-electron chi connectivity index (χ4n) is 1.63. The predicted molar refractivity (Wildman–Crippen MR) is 82.8 cm³/mol. The van der Waals surface area contributed by atoms with Gasteiger partial charge in [0.05, 0.1) is 6.61 Å². The number of aliphatic imine (C=N–C) groups is 1. The Balaban J connectivity index is 0.00000400. The molecule has 0 fully saturated rings. The van der Waals surface area contributed by atoms with Gasteiger partial charge in [-0.25, -0.2) is 8.42 Å². The molecule has 21 heavy (non-hydrogen) atoms. The highest BCUT2D eigenvalue weighted by Gasteiger charge is 2.20. The van der Waals surface area contributed by atoms with Crippen LogP contribution in [0.15, 0.2) is 22.0 Å². The van der Waals surface area contributed by atoms with Gasteiger partial charge in [-0.3, -0.25) is 4.79 Å². The molecule has 118 valence electrons. The van der Waals surface area contributed by atoms with Crippen LogP contribution in [-0.2, 0) is 9.84 Å². The molecule has 0 radical (unpaired) electrons. The first kappa shape index (κ1) is 19.2. The Hall–Kier alpha value is -1.80. The molecule has 0 aliphatic rings. The second-order valence-electron chi connectivity index (χ2n) is 4.16. The monoisotopic (exact) mass is 335 g/mol. The summed E-state index contributed by atoms with van der Waals surface area (Å²) < 4.78 is 28.8. The number of carbonyl (C=O) groups excluding carboxylic acids is 1. The molecule has 0 saturated heterocycles. The number of sulfone groups is 1. The minimum atomic E-state index is -3.55. The molecule has 0 aliphatic carbocycles. The molecule has 0 spiro atoms. The van der Waals surface area contributed by atoms with E-state index >= 15 is 0 Å². The van der Waals surface area contributed by atoms with E-state index in [1.54, 1.807) is 13.8 Å². The Morgan fingerprint density at radius 2 is 1.90 bits per heavy atom. The summed E-state index contributed by atoms with van der Waals surface area (Å²) in [6.07, 6.45) is 1.04. The van der Waals surface area contributed by atoms with Crippen molar-refractivity contribution in [2.45, 2.75) is 18.7 Å². The van der Waals surface area contributed by atoms with E-state index in [-0.39, 0.29) is 34.6 Å². The van der Waals surface area contributed by atoms with Gasteiger partial charge in [0.15, 0.2) is 15.8 Å². The first-order valence-electron chi connectivity index (χ1n) is 5.78. The summed E-state index contributed by atoms with van der Waals surface area (Å²) in [6, 6.07) is 2.71. The first-order valence-corrected chi connectivity index (χ1v) is 7.67. The minimum absolute atomic E-state index is 0. The lowest BCUT2D eigenvalue weighted by atomic mass is 10.1. The van der Waals surface area contributed by atoms with Gasteiger partial charge >= 0.3 is 0 Å². The molecule has 4 N–H and O–H groups in total. The summed E-state index contributed by atoms with van der Waals surface area (Å²) in [6.45, 7) is 3.69. The maximum absolute atomic E-state index is 11.8. The summed E-state index contributed by atoms with van der Waals surface area (Å²) in [5.41, 5.74) is 10.9. The van der Waals surface area contributed by atoms with Gasteiger partial charge in [0.25, 0.3) is 5.91 Å². The van der Waals surface area contributed by atoms with Crippen molar-refractivity contribution in [1.82, 2.24) is 0 Å². The first-order chi connectivity index (χ1) is 9.16. The molecule has 0 bridgehead atoms. The molecule has 1 aromatic carbocycles. The lowest BCUT2D eigenvalue weighted by Gasteiger charge is -2.12. The second-order valence-corrected chi connectivity index (χ2v) is 6.15. The molecule has 1 amide bonds. The maximum Gasteiger partial charge on any atom is 0.280 e. The number of halogens is 1. The highest BCUT2D eigenvalue weighted by molar-refractivity contribution is 7.90. The topological polar surface area (TPSA) is 125 Å². The molecule has 0 aliphatic heterocycles. The summed E-state index contributed by atoms with van der Waals surface area (Å²) in [7, 11) is -3.55. The van der Waals surface area contributed by atoms with Crippen LogP contribution in [0.4, 0.5) is 0 Å². The van der Waals surface area contributed by atoms with Gasteiger partial charge in [0.2, 0.25) is 0 Å². The van der Waals surface area contributed by atoms with E-state index < -0.39 is 15.7 Å². The molecule has 1 rings (SSSR count). The third kappa shape index (κ3) is 4.91. The van der Waals surface area contributed by atoms with Crippen LogP contribution in [0.5, 0.6) is 5.75 Å². The predicted octanol–water partition coefficient (Wildman–Crippen LogP) is 0.633. The van der Waals surface area contributed by atoms with Crippen LogP contribution in [0.3, 0.4) is 0 Å². The Kier molecular flexibility index (Phi) is 6.65. The SMILES string of the molecule is CCOc1cc(C)c(C(=O)N=C(N)N)cc1S(C)(=O)=O.Cl. The van der Waals surface area contributed by atoms with Crippen LogP contribution in [0.1, 0.15) is 22.8 Å². The van der Waals surface area contributed by atoms with E-state index in [1.807, 2.05) is 0 Å². The van der Waals surface area contributed by atoms with Crippen LogP contribution >= 0.6 is 12.4 Å². The molecule has 1 aromatic rings. The lowest BCUT2D eigenvalue weighted by Crippen LogP contribution is -2.24. The van der Waals surface area contributed by atoms with Gasteiger partial charge in [-0.15, -0.1) is 12.4 Å². The number of rotatable bonds is 4. The van der Waals surface area contributed by atoms with E-state index in [9.17, 15) is 13.2 Å². The molecule has 0 unspecified atom stereocenters. The van der Waals surface area contributed by atoms with E-state index in [2.05, 4.69) is 4.99 Å². The average molecular weight is 336 g/mol. The van der Waals surface area contributed by atoms with E-state index in [0.29, 0.717) is 12.2 Å². The third-order valence-corrected chi connectivity index (χ3v) is 3.57. The molecule has 7 nitrogen and oxygen atoms in total. The summed E-state index contributed by atoms with van der Waals surface area (Å²) >= 11 is 0. The van der Waals surface area contributed by atoms with Gasteiger partial charge in [-0.2, -0.15) is 4.99 Å². The van der Waals surface area contributed by atoms with Crippen molar-refractivity contribution in [3.63, 3.8) is 0 Å². The molecule has 0 heterocycles. The Bertz CT molecular complexity index is 667. The Morgan fingerprint density at radius 3 is 2.33 bits per heavy atom. The van der Waals surface area contributed by atoms with Crippen molar-refractivity contribution in [2.24, 2.45) is 16.5 Å². The van der Waals surface area contributed by atoms with Gasteiger partial charge in [0.1, 0.15) is 10.6 Å². The molecule has 9 heteroatoms. The minimum Gasteiger partial charge on any atom is -0.493 e. The molecule has 0 atom stereocenters. The highest BCUT2D eigenvalue weighted by atomic mass is 35.5. The van der Waals surface area contributed by atoms with Crippen LogP contribution in [0.2, 0.25) is 0 Å².